The van der Waals surface area contributed by atoms with Crippen LogP contribution >= 0.6 is 0 Å². The summed E-state index contributed by atoms with van der Waals surface area (Å²) in [6.45, 7) is 2.04. The first-order valence-corrected chi connectivity index (χ1v) is 7.60. The highest BCUT2D eigenvalue weighted by atomic mass is 19.1. The number of ketones is 1. The molecule has 2 aromatic carbocycles. The van der Waals surface area contributed by atoms with Crippen molar-refractivity contribution in [1.82, 2.24) is 0 Å². The van der Waals surface area contributed by atoms with Gasteiger partial charge in [0.25, 0.3) is 0 Å². The van der Waals surface area contributed by atoms with Gasteiger partial charge < -0.3 is 5.32 Å². The van der Waals surface area contributed by atoms with Crippen LogP contribution in [0.5, 0.6) is 0 Å². The van der Waals surface area contributed by atoms with Crippen molar-refractivity contribution in [3.8, 4) is 6.07 Å². The minimum absolute atomic E-state index is 0.0484. The van der Waals surface area contributed by atoms with Gasteiger partial charge in [-0.15, -0.1) is 0 Å². The summed E-state index contributed by atoms with van der Waals surface area (Å²) in [6, 6.07) is 13.9. The largest absolute Gasteiger partial charge is 0.383 e. The van der Waals surface area contributed by atoms with Crippen LogP contribution in [0.25, 0.3) is 0 Å². The van der Waals surface area contributed by atoms with Gasteiger partial charge in [-0.25, -0.2) is 4.39 Å². The summed E-state index contributed by atoms with van der Waals surface area (Å²) in [5.74, 6) is -0.238. The zero-order valence-electron chi connectivity index (χ0n) is 12.9. The van der Waals surface area contributed by atoms with E-state index in [-0.39, 0.29) is 17.0 Å². The minimum atomic E-state index is -0.218. The Balaban J connectivity index is 1.84. The Morgan fingerprint density at radius 3 is 2.65 bits per heavy atom. The Morgan fingerprint density at radius 2 is 2.04 bits per heavy atom. The van der Waals surface area contributed by atoms with E-state index in [1.165, 1.54) is 13.0 Å². The second-order valence-electron chi connectivity index (χ2n) is 6.04. The second kappa shape index (κ2) is 5.85. The first-order valence-electron chi connectivity index (χ1n) is 7.60. The van der Waals surface area contributed by atoms with Crippen molar-refractivity contribution < 1.29 is 9.18 Å². The maximum atomic E-state index is 14.0. The first kappa shape index (κ1) is 15.2. The molecule has 23 heavy (non-hydrogen) atoms. The number of hydrogen-bond donors (Lipinski definition) is 1. The Bertz CT molecular complexity index is 803. The highest BCUT2D eigenvalue weighted by Gasteiger charge is 2.45. The molecule has 0 unspecified atom stereocenters. The molecule has 0 atom stereocenters. The first-order chi connectivity index (χ1) is 11.1. The van der Waals surface area contributed by atoms with Gasteiger partial charge in [0.2, 0.25) is 0 Å². The van der Waals surface area contributed by atoms with Crippen LogP contribution in [0.4, 0.5) is 10.1 Å². The summed E-state index contributed by atoms with van der Waals surface area (Å²) in [7, 11) is 0. The van der Waals surface area contributed by atoms with Gasteiger partial charge in [0, 0.05) is 17.5 Å². The van der Waals surface area contributed by atoms with Crippen molar-refractivity contribution >= 4 is 11.5 Å². The number of halogens is 1. The molecule has 0 aliphatic heterocycles. The Kier molecular flexibility index (Phi) is 3.87. The molecule has 116 valence electrons. The van der Waals surface area contributed by atoms with Gasteiger partial charge in [0.15, 0.2) is 5.78 Å². The van der Waals surface area contributed by atoms with Crippen molar-refractivity contribution in [3.05, 3.63) is 65.0 Å². The summed E-state index contributed by atoms with van der Waals surface area (Å²) in [4.78, 5) is 11.5. The average molecular weight is 308 g/mol. The maximum Gasteiger partial charge on any atom is 0.159 e. The summed E-state index contributed by atoms with van der Waals surface area (Å²) < 4.78 is 14.0. The number of Topliss-reactive ketones (excluding diaryl/α,β-unsaturated/α-hetero) is 1. The molecular formula is C19H17FN2O. The smallest absolute Gasteiger partial charge is 0.159 e. The number of carbonyl (C=O) groups is 1. The molecule has 0 radical (unpaired) electrons. The van der Waals surface area contributed by atoms with Crippen molar-refractivity contribution in [2.45, 2.75) is 25.2 Å². The lowest BCUT2D eigenvalue weighted by Crippen LogP contribution is -2.21. The lowest BCUT2D eigenvalue weighted by Gasteiger charge is -2.19. The van der Waals surface area contributed by atoms with Crippen LogP contribution < -0.4 is 5.32 Å². The fourth-order valence-corrected chi connectivity index (χ4v) is 2.85. The molecule has 3 rings (SSSR count). The lowest BCUT2D eigenvalue weighted by atomic mass is 9.95. The van der Waals surface area contributed by atoms with E-state index in [0.717, 1.165) is 12.8 Å². The Hall–Kier alpha value is -2.67. The Morgan fingerprint density at radius 1 is 1.30 bits per heavy atom. The van der Waals surface area contributed by atoms with Crippen LogP contribution in [-0.2, 0) is 5.41 Å². The standard InChI is InChI=1S/C19H17FN2O/c1-13(23)14-6-7-15(11-21)18(10-14)22-12-19(8-9-19)16-4-2-3-5-17(16)20/h2-7,10,22H,8-9,12H2,1H3. The van der Waals surface area contributed by atoms with E-state index in [2.05, 4.69) is 11.4 Å². The average Bonchev–Trinajstić information content (AvgIpc) is 3.34. The van der Waals surface area contributed by atoms with E-state index in [9.17, 15) is 14.4 Å². The van der Waals surface area contributed by atoms with Crippen molar-refractivity contribution in [1.29, 1.82) is 5.26 Å². The highest BCUT2D eigenvalue weighted by Crippen LogP contribution is 2.49. The number of carbonyl (C=O) groups excluding carboxylic acids is 1. The molecule has 1 fully saturated rings. The highest BCUT2D eigenvalue weighted by molar-refractivity contribution is 5.95. The van der Waals surface area contributed by atoms with Gasteiger partial charge in [-0.3, -0.25) is 4.79 Å². The molecule has 1 N–H and O–H groups in total. The SMILES string of the molecule is CC(=O)c1ccc(C#N)c(NCC2(c3ccccc3F)CC2)c1. The molecule has 0 amide bonds. The normalized spacial score (nSPS) is 14.8. The third kappa shape index (κ3) is 2.95. The summed E-state index contributed by atoms with van der Waals surface area (Å²) >= 11 is 0. The third-order valence-electron chi connectivity index (χ3n) is 4.46. The number of nitrogens with zero attached hydrogens (tertiary/aromatic N) is 1. The quantitative estimate of drug-likeness (QED) is 0.848. The molecule has 4 heteroatoms. The predicted octanol–water partition coefficient (Wildman–Crippen LogP) is 4.04. The molecule has 2 aromatic rings. The predicted molar refractivity (Wildman–Crippen MR) is 87.0 cm³/mol. The van der Waals surface area contributed by atoms with Gasteiger partial charge in [0.05, 0.1) is 11.3 Å². The minimum Gasteiger partial charge on any atom is -0.383 e. The molecule has 0 aromatic heterocycles. The molecular weight excluding hydrogens is 291 g/mol. The summed E-state index contributed by atoms with van der Waals surface area (Å²) in [5, 5.41) is 12.5. The molecule has 1 aliphatic rings. The van der Waals surface area contributed by atoms with Gasteiger partial charge in [-0.2, -0.15) is 5.26 Å². The van der Waals surface area contributed by atoms with E-state index in [1.54, 1.807) is 24.3 Å². The van der Waals surface area contributed by atoms with Crippen molar-refractivity contribution in [2.75, 3.05) is 11.9 Å². The third-order valence-corrected chi connectivity index (χ3v) is 4.46. The van der Waals surface area contributed by atoms with Gasteiger partial charge in [-0.1, -0.05) is 18.2 Å². The van der Waals surface area contributed by atoms with Gasteiger partial charge in [-0.05, 0) is 49.6 Å². The summed E-state index contributed by atoms with van der Waals surface area (Å²) in [6.07, 6.45) is 1.82. The van der Waals surface area contributed by atoms with Gasteiger partial charge >= 0.3 is 0 Å². The second-order valence-corrected chi connectivity index (χ2v) is 6.04. The van der Waals surface area contributed by atoms with Crippen LogP contribution in [0.15, 0.2) is 42.5 Å². The lowest BCUT2D eigenvalue weighted by molar-refractivity contribution is 0.101. The van der Waals surface area contributed by atoms with Crippen LogP contribution in [-0.4, -0.2) is 12.3 Å². The number of nitrogens with one attached hydrogen (secondary N) is 1. The number of nitriles is 1. The molecule has 0 heterocycles. The zero-order valence-corrected chi connectivity index (χ0v) is 12.9. The van der Waals surface area contributed by atoms with E-state index in [1.807, 2.05) is 12.1 Å². The van der Waals surface area contributed by atoms with E-state index >= 15 is 0 Å². The number of anilines is 1. The van der Waals surface area contributed by atoms with E-state index in [0.29, 0.717) is 28.9 Å². The number of rotatable bonds is 5. The van der Waals surface area contributed by atoms with Crippen molar-refractivity contribution in [3.63, 3.8) is 0 Å². The van der Waals surface area contributed by atoms with Crippen LogP contribution in [0, 0.1) is 17.1 Å². The van der Waals surface area contributed by atoms with E-state index in [4.69, 9.17) is 0 Å². The zero-order chi connectivity index (χ0) is 16.4. The number of hydrogen-bond acceptors (Lipinski definition) is 3. The molecule has 1 aliphatic carbocycles. The van der Waals surface area contributed by atoms with Crippen LogP contribution in [0.3, 0.4) is 0 Å². The van der Waals surface area contributed by atoms with E-state index < -0.39 is 0 Å². The monoisotopic (exact) mass is 308 g/mol. The summed E-state index contributed by atoms with van der Waals surface area (Å²) in [5.41, 5.74) is 2.17. The number of benzene rings is 2. The van der Waals surface area contributed by atoms with Gasteiger partial charge in [0.1, 0.15) is 11.9 Å². The maximum absolute atomic E-state index is 14.0. The van der Waals surface area contributed by atoms with Crippen LogP contribution in [0.1, 0.15) is 41.3 Å². The fourth-order valence-electron chi connectivity index (χ4n) is 2.85. The molecule has 0 saturated heterocycles. The topological polar surface area (TPSA) is 52.9 Å². The molecule has 0 spiro atoms. The molecule has 0 bridgehead atoms. The molecule has 3 nitrogen and oxygen atoms in total. The van der Waals surface area contributed by atoms with Crippen LogP contribution in [0.2, 0.25) is 0 Å². The Labute approximate surface area is 134 Å². The fraction of sp³-hybridized carbons (Fsp3) is 0.263. The van der Waals surface area contributed by atoms with Crippen molar-refractivity contribution in [2.24, 2.45) is 0 Å². The molecule has 1 saturated carbocycles.